The number of fused-ring (bicyclic) bond motifs is 2. The lowest BCUT2D eigenvalue weighted by Gasteiger charge is -2.27. The zero-order valence-corrected chi connectivity index (χ0v) is 37.9. The van der Waals surface area contributed by atoms with Crippen LogP contribution in [-0.2, 0) is 38.4 Å². The molecule has 0 saturated heterocycles. The van der Waals surface area contributed by atoms with E-state index in [1.807, 2.05) is 69.4 Å². The second-order valence-corrected chi connectivity index (χ2v) is 17.3. The lowest BCUT2D eigenvalue weighted by atomic mass is 9.80. The van der Waals surface area contributed by atoms with Crippen molar-refractivity contribution in [3.63, 3.8) is 0 Å². The zero-order chi connectivity index (χ0) is 45.1. The minimum Gasteiger partial charge on any atom is -0.346 e. The summed E-state index contributed by atoms with van der Waals surface area (Å²) in [6.45, 7) is 7.87. The number of carbonyl (C=O) groups is 4. The molecule has 6 aromatic carbocycles. The van der Waals surface area contributed by atoms with Gasteiger partial charge in [-0.3, -0.25) is 19.2 Å². The first-order chi connectivity index (χ1) is 30.5. The van der Waals surface area contributed by atoms with Crippen LogP contribution in [0.25, 0.3) is 32.7 Å². The number of rotatable bonds is 16. The maximum Gasteiger partial charge on any atom is 0.220 e. The minimum absolute atomic E-state index is 0.00310. The molecule has 1 saturated carbocycles. The van der Waals surface area contributed by atoms with Crippen LogP contribution in [0, 0.1) is 17.8 Å². The van der Waals surface area contributed by atoms with E-state index >= 15 is 0 Å². The number of ketones is 3. The molecule has 1 aliphatic rings. The molecular weight excluding hydrogens is 779 g/mol. The van der Waals surface area contributed by atoms with Gasteiger partial charge in [-0.1, -0.05) is 153 Å². The summed E-state index contributed by atoms with van der Waals surface area (Å²) in [4.78, 5) is 47.6. The van der Waals surface area contributed by atoms with E-state index < -0.39 is 6.04 Å². The van der Waals surface area contributed by atoms with Crippen LogP contribution in [0.2, 0.25) is 0 Å². The van der Waals surface area contributed by atoms with Gasteiger partial charge >= 0.3 is 0 Å². The first-order valence-electron chi connectivity index (χ1n) is 22.8. The van der Waals surface area contributed by atoms with Gasteiger partial charge in [0.2, 0.25) is 5.91 Å². The monoisotopic (exact) mass is 846 g/mol. The molecule has 0 aliphatic heterocycles. The third kappa shape index (κ3) is 15.2. The maximum absolute atomic E-state index is 12.5. The van der Waals surface area contributed by atoms with Crippen molar-refractivity contribution >= 4 is 44.8 Å². The van der Waals surface area contributed by atoms with E-state index in [1.54, 1.807) is 13.8 Å². The Hall–Kier alpha value is -5.76. The van der Waals surface area contributed by atoms with Crippen LogP contribution in [0.4, 0.5) is 0 Å². The highest BCUT2D eigenvalue weighted by Gasteiger charge is 2.24. The van der Waals surface area contributed by atoms with Gasteiger partial charge in [-0.2, -0.15) is 0 Å². The second kappa shape index (κ2) is 24.8. The maximum atomic E-state index is 12.5. The third-order valence-electron chi connectivity index (χ3n) is 12.4. The molecule has 0 radical (unpaired) electrons. The van der Waals surface area contributed by atoms with Gasteiger partial charge in [0.05, 0.1) is 12.1 Å². The Morgan fingerprint density at radius 2 is 1.03 bits per heavy atom. The predicted molar refractivity (Wildman–Crippen MR) is 261 cm³/mol. The molecule has 7 heteroatoms. The van der Waals surface area contributed by atoms with Gasteiger partial charge in [0.15, 0.2) is 5.78 Å². The molecule has 0 heterocycles. The van der Waals surface area contributed by atoms with E-state index in [4.69, 9.17) is 5.73 Å². The smallest absolute Gasteiger partial charge is 0.220 e. The van der Waals surface area contributed by atoms with Crippen LogP contribution in [0.15, 0.2) is 140 Å². The molecule has 1 amide bonds. The topological polar surface area (TPSA) is 118 Å². The number of likely N-dealkylation sites (N-methyl/N-ethyl adjacent to an activating group) is 1. The van der Waals surface area contributed by atoms with Crippen molar-refractivity contribution in [2.45, 2.75) is 97.6 Å². The van der Waals surface area contributed by atoms with Crippen LogP contribution in [0.3, 0.4) is 0 Å². The average Bonchev–Trinajstić information content (AvgIpc) is 3.31. The van der Waals surface area contributed by atoms with E-state index in [0.29, 0.717) is 36.9 Å². The fourth-order valence-corrected chi connectivity index (χ4v) is 8.41. The van der Waals surface area contributed by atoms with Crippen LogP contribution in [0.1, 0.15) is 82.9 Å². The van der Waals surface area contributed by atoms with Crippen LogP contribution in [0.5, 0.6) is 0 Å². The van der Waals surface area contributed by atoms with Crippen molar-refractivity contribution in [3.05, 3.63) is 156 Å². The predicted octanol–water partition coefficient (Wildman–Crippen LogP) is 10.7. The standard InChI is InChI=1S/C23H30N2O2.C18H20O.C15H17NO/c1-16(26)22(13-19-10-11-20-4-2-3-5-21(20)12-19)25-23(27)14-17-6-8-18(15-24)9-7-17;1-3-18(19)14(2)13-15-9-11-17(12-10-15)16-7-5-4-6-8-16;1-11(17)15(16-2)10-12-7-8-13-5-3-4-6-14(13)9-12/h2-5,10-12,17-18,22H,6-9,13-15,24H2,1H3,(H,25,27);4-12,14H,3,13H2,1-2H3;3-9,15-16H,10H2,1-2H3. The molecule has 1 aliphatic carbocycles. The summed E-state index contributed by atoms with van der Waals surface area (Å²) < 4.78 is 0. The summed E-state index contributed by atoms with van der Waals surface area (Å²) in [6, 6.07) is 47.3. The summed E-state index contributed by atoms with van der Waals surface area (Å²) in [5, 5.41) is 10.8. The van der Waals surface area contributed by atoms with Gasteiger partial charge in [0, 0.05) is 18.8 Å². The van der Waals surface area contributed by atoms with E-state index in [-0.39, 0.29) is 29.4 Å². The van der Waals surface area contributed by atoms with E-state index in [2.05, 4.69) is 102 Å². The SMILES string of the molecule is CC(=O)C(Cc1ccc2ccccc2c1)NC(=O)CC1CCC(CN)CC1.CCC(=O)C(C)Cc1ccc(-c2ccccc2)cc1.CNC(Cc1ccc2ccccc2c1)C(C)=O. The summed E-state index contributed by atoms with van der Waals surface area (Å²) in [7, 11) is 1.83. The molecule has 3 atom stereocenters. The van der Waals surface area contributed by atoms with E-state index in [0.717, 1.165) is 56.0 Å². The van der Waals surface area contributed by atoms with Crippen molar-refractivity contribution in [3.8, 4) is 11.1 Å². The number of amides is 1. The fraction of sp³-hybridized carbons (Fsp3) is 0.357. The molecule has 3 unspecified atom stereocenters. The molecule has 0 spiro atoms. The number of hydrogen-bond donors (Lipinski definition) is 3. The van der Waals surface area contributed by atoms with E-state index in [9.17, 15) is 19.2 Å². The number of benzene rings is 6. The van der Waals surface area contributed by atoms with Crippen molar-refractivity contribution in [1.82, 2.24) is 10.6 Å². The largest absolute Gasteiger partial charge is 0.346 e. The Balaban J connectivity index is 0.000000184. The summed E-state index contributed by atoms with van der Waals surface area (Å²) in [5.74, 6) is 1.67. The summed E-state index contributed by atoms with van der Waals surface area (Å²) in [5.41, 5.74) is 11.7. The molecular formula is C56H67N3O4. The Kier molecular flexibility index (Phi) is 19.0. The molecule has 1 fully saturated rings. The van der Waals surface area contributed by atoms with Crippen molar-refractivity contribution in [2.24, 2.45) is 23.5 Å². The summed E-state index contributed by atoms with van der Waals surface area (Å²) in [6.07, 6.45) is 7.60. The van der Waals surface area contributed by atoms with Crippen LogP contribution in [-0.4, -0.2) is 48.9 Å². The van der Waals surface area contributed by atoms with Crippen molar-refractivity contribution in [2.75, 3.05) is 13.6 Å². The van der Waals surface area contributed by atoms with Crippen LogP contribution >= 0.6 is 0 Å². The van der Waals surface area contributed by atoms with Gasteiger partial charge in [0.25, 0.3) is 0 Å². The third-order valence-corrected chi connectivity index (χ3v) is 12.4. The molecule has 7 nitrogen and oxygen atoms in total. The quantitative estimate of drug-likeness (QED) is 0.0893. The van der Waals surface area contributed by atoms with E-state index in [1.165, 1.54) is 38.4 Å². The highest BCUT2D eigenvalue weighted by atomic mass is 16.2. The number of hydrogen-bond acceptors (Lipinski definition) is 6. The highest BCUT2D eigenvalue weighted by molar-refractivity contribution is 5.88. The van der Waals surface area contributed by atoms with Gasteiger partial charge in [-0.15, -0.1) is 0 Å². The molecule has 0 bridgehead atoms. The first kappa shape index (κ1) is 48.3. The first-order valence-corrected chi connectivity index (χ1v) is 22.8. The highest BCUT2D eigenvalue weighted by Crippen LogP contribution is 2.30. The molecule has 4 N–H and O–H groups in total. The Morgan fingerprint density at radius 3 is 1.52 bits per heavy atom. The lowest BCUT2D eigenvalue weighted by molar-refractivity contribution is -0.127. The molecule has 6 aromatic rings. The fourth-order valence-electron chi connectivity index (χ4n) is 8.41. The molecule has 0 aromatic heterocycles. The zero-order valence-electron chi connectivity index (χ0n) is 37.9. The summed E-state index contributed by atoms with van der Waals surface area (Å²) >= 11 is 0. The number of carbonyl (C=O) groups excluding carboxylic acids is 4. The Bertz CT molecular complexity index is 2380. The lowest BCUT2D eigenvalue weighted by Crippen LogP contribution is -2.42. The molecule has 330 valence electrons. The second-order valence-electron chi connectivity index (χ2n) is 17.3. The van der Waals surface area contributed by atoms with Crippen LogP contribution < -0.4 is 16.4 Å². The Morgan fingerprint density at radius 1 is 0.571 bits per heavy atom. The average molecular weight is 846 g/mol. The van der Waals surface area contributed by atoms with Gasteiger partial charge in [-0.25, -0.2) is 0 Å². The van der Waals surface area contributed by atoms with Gasteiger partial charge in [-0.05, 0) is 134 Å². The van der Waals surface area contributed by atoms with Crippen molar-refractivity contribution < 1.29 is 19.2 Å². The van der Waals surface area contributed by atoms with Crippen molar-refractivity contribution in [1.29, 1.82) is 0 Å². The number of Topliss-reactive ketones (excluding diaryl/α,β-unsaturated/α-hetero) is 3. The van der Waals surface area contributed by atoms with Gasteiger partial charge in [0.1, 0.15) is 11.6 Å². The number of nitrogens with one attached hydrogen (secondary N) is 2. The minimum atomic E-state index is -0.459. The number of nitrogens with two attached hydrogens (primary N) is 1. The van der Waals surface area contributed by atoms with Gasteiger partial charge < -0.3 is 16.4 Å². The molecule has 63 heavy (non-hydrogen) atoms. The molecule has 7 rings (SSSR count). The normalized spacial score (nSPS) is 16.0. The Labute approximate surface area is 375 Å².